The average Bonchev–Trinajstić information content (AvgIpc) is 2.74. The van der Waals surface area contributed by atoms with Gasteiger partial charge in [-0.2, -0.15) is 0 Å². The number of hydrogen-bond donors (Lipinski definition) is 1. The minimum Gasteiger partial charge on any atom is -0.369 e. The predicted molar refractivity (Wildman–Crippen MR) is 74.8 cm³/mol. The van der Waals surface area contributed by atoms with Crippen LogP contribution in [0.5, 0.6) is 0 Å². The van der Waals surface area contributed by atoms with E-state index in [-0.39, 0.29) is 5.82 Å². The summed E-state index contributed by atoms with van der Waals surface area (Å²) in [4.78, 5) is 4.28. The summed E-state index contributed by atoms with van der Waals surface area (Å²) in [5, 5.41) is 0. The van der Waals surface area contributed by atoms with Gasteiger partial charge in [0.15, 0.2) is 0 Å². The fourth-order valence-electron chi connectivity index (χ4n) is 2.35. The van der Waals surface area contributed by atoms with Gasteiger partial charge in [-0.05, 0) is 30.2 Å². The minimum atomic E-state index is -0.289. The van der Waals surface area contributed by atoms with Crippen molar-refractivity contribution in [2.45, 2.75) is 13.3 Å². The number of para-hydroxylation sites is 1. The highest BCUT2D eigenvalue weighted by atomic mass is 19.1. The van der Waals surface area contributed by atoms with Gasteiger partial charge in [-0.15, -0.1) is 0 Å². The molecule has 3 nitrogen and oxygen atoms in total. The number of rotatable bonds is 2. The first-order chi connectivity index (χ1) is 9.20. The highest BCUT2D eigenvalue weighted by molar-refractivity contribution is 5.81. The molecule has 0 radical (unpaired) electrons. The molecule has 0 unspecified atom stereocenters. The third-order valence-electron chi connectivity index (χ3n) is 3.26. The maximum atomic E-state index is 13.4. The van der Waals surface area contributed by atoms with Crippen molar-refractivity contribution in [1.29, 1.82) is 0 Å². The molecule has 0 saturated heterocycles. The Kier molecular flexibility index (Phi) is 2.71. The van der Waals surface area contributed by atoms with Crippen molar-refractivity contribution in [1.82, 2.24) is 9.55 Å². The number of anilines is 1. The third-order valence-corrected chi connectivity index (χ3v) is 3.26. The summed E-state index contributed by atoms with van der Waals surface area (Å²) in [6, 6.07) is 12.4. The first-order valence-electron chi connectivity index (χ1n) is 6.22. The highest BCUT2D eigenvalue weighted by Gasteiger charge is 2.12. The van der Waals surface area contributed by atoms with Crippen LogP contribution < -0.4 is 5.73 Å². The molecule has 0 aliphatic heterocycles. The summed E-state index contributed by atoms with van der Waals surface area (Å²) in [5.74, 6) is 0.0872. The van der Waals surface area contributed by atoms with Crippen LogP contribution in [0, 0.1) is 5.82 Å². The number of benzene rings is 2. The largest absolute Gasteiger partial charge is 0.369 e. The molecule has 0 spiro atoms. The Balaban J connectivity index is 2.35. The van der Waals surface area contributed by atoms with Gasteiger partial charge in [-0.25, -0.2) is 9.37 Å². The molecule has 0 fully saturated rings. The zero-order chi connectivity index (χ0) is 13.4. The van der Waals surface area contributed by atoms with Crippen molar-refractivity contribution in [3.05, 3.63) is 53.8 Å². The molecule has 0 atom stereocenters. The van der Waals surface area contributed by atoms with Crippen LogP contribution in [0.2, 0.25) is 0 Å². The van der Waals surface area contributed by atoms with Crippen LogP contribution in [0.3, 0.4) is 0 Å². The number of fused-ring (bicyclic) bond motifs is 1. The van der Waals surface area contributed by atoms with Crippen molar-refractivity contribution in [2.24, 2.45) is 0 Å². The molecule has 0 aliphatic carbocycles. The van der Waals surface area contributed by atoms with Gasteiger partial charge in [0.1, 0.15) is 5.82 Å². The third kappa shape index (κ3) is 1.85. The first kappa shape index (κ1) is 11.7. The maximum Gasteiger partial charge on any atom is 0.205 e. The Morgan fingerprint density at radius 3 is 2.79 bits per heavy atom. The van der Waals surface area contributed by atoms with Crippen LogP contribution in [0.1, 0.15) is 12.5 Å². The lowest BCUT2D eigenvalue weighted by atomic mass is 10.1. The zero-order valence-corrected chi connectivity index (χ0v) is 10.6. The highest BCUT2D eigenvalue weighted by Crippen LogP contribution is 2.26. The van der Waals surface area contributed by atoms with E-state index in [2.05, 4.69) is 11.9 Å². The number of aromatic nitrogens is 2. The molecular weight excluding hydrogens is 241 g/mol. The van der Waals surface area contributed by atoms with E-state index in [9.17, 15) is 4.39 Å². The maximum absolute atomic E-state index is 13.4. The molecule has 4 heteroatoms. The van der Waals surface area contributed by atoms with Gasteiger partial charge in [-0.1, -0.05) is 25.1 Å². The summed E-state index contributed by atoms with van der Waals surface area (Å²) in [7, 11) is 0. The van der Waals surface area contributed by atoms with Crippen molar-refractivity contribution >= 4 is 17.0 Å². The fourth-order valence-corrected chi connectivity index (χ4v) is 2.35. The van der Waals surface area contributed by atoms with E-state index >= 15 is 0 Å². The SMILES string of the molecule is CCc1ccccc1-n1c(N)nc2ccc(F)cc21. The number of halogens is 1. The second kappa shape index (κ2) is 4.39. The minimum absolute atomic E-state index is 0.289. The molecule has 0 saturated carbocycles. The van der Waals surface area contributed by atoms with Crippen molar-refractivity contribution < 1.29 is 4.39 Å². The first-order valence-corrected chi connectivity index (χ1v) is 6.22. The Labute approximate surface area is 110 Å². The molecule has 3 rings (SSSR count). The second-order valence-corrected chi connectivity index (χ2v) is 4.42. The number of imidazole rings is 1. The lowest BCUT2D eigenvalue weighted by Crippen LogP contribution is -2.03. The Morgan fingerprint density at radius 1 is 1.21 bits per heavy atom. The number of aryl methyl sites for hydroxylation is 1. The van der Waals surface area contributed by atoms with Crippen molar-refractivity contribution in [3.63, 3.8) is 0 Å². The van der Waals surface area contributed by atoms with E-state index in [1.807, 2.05) is 24.3 Å². The van der Waals surface area contributed by atoms with Crippen LogP contribution in [0.15, 0.2) is 42.5 Å². The molecule has 0 bridgehead atoms. The van der Waals surface area contributed by atoms with Crippen LogP contribution in [-0.4, -0.2) is 9.55 Å². The van der Waals surface area contributed by atoms with Gasteiger partial charge >= 0.3 is 0 Å². The second-order valence-electron chi connectivity index (χ2n) is 4.42. The predicted octanol–water partition coefficient (Wildman–Crippen LogP) is 3.31. The summed E-state index contributed by atoms with van der Waals surface area (Å²) in [6.45, 7) is 2.08. The van der Waals surface area contributed by atoms with Crippen LogP contribution >= 0.6 is 0 Å². The van der Waals surface area contributed by atoms with E-state index in [0.29, 0.717) is 17.0 Å². The summed E-state index contributed by atoms with van der Waals surface area (Å²) in [5.41, 5.74) is 9.49. The molecule has 1 aromatic heterocycles. The molecule has 2 N–H and O–H groups in total. The van der Waals surface area contributed by atoms with Crippen molar-refractivity contribution in [3.8, 4) is 5.69 Å². The smallest absolute Gasteiger partial charge is 0.205 e. The van der Waals surface area contributed by atoms with E-state index in [1.165, 1.54) is 12.1 Å². The molecule has 0 amide bonds. The number of hydrogen-bond acceptors (Lipinski definition) is 2. The Bertz CT molecular complexity index is 746. The van der Waals surface area contributed by atoms with Gasteiger partial charge in [0.05, 0.1) is 16.7 Å². The van der Waals surface area contributed by atoms with Gasteiger partial charge in [0, 0.05) is 6.07 Å². The van der Waals surface area contributed by atoms with E-state index in [0.717, 1.165) is 17.7 Å². The van der Waals surface area contributed by atoms with Crippen LogP contribution in [0.4, 0.5) is 10.3 Å². The Morgan fingerprint density at radius 2 is 2.00 bits per heavy atom. The quantitative estimate of drug-likeness (QED) is 0.763. The molecule has 19 heavy (non-hydrogen) atoms. The zero-order valence-electron chi connectivity index (χ0n) is 10.6. The average molecular weight is 255 g/mol. The van der Waals surface area contributed by atoms with Gasteiger partial charge in [0.2, 0.25) is 5.95 Å². The van der Waals surface area contributed by atoms with Gasteiger partial charge in [-0.3, -0.25) is 4.57 Å². The van der Waals surface area contributed by atoms with Crippen molar-refractivity contribution in [2.75, 3.05) is 5.73 Å². The summed E-state index contributed by atoms with van der Waals surface area (Å²) >= 11 is 0. The van der Waals surface area contributed by atoms with E-state index in [4.69, 9.17) is 5.73 Å². The molecule has 96 valence electrons. The molecular formula is C15H14FN3. The van der Waals surface area contributed by atoms with Crippen LogP contribution in [-0.2, 0) is 6.42 Å². The summed E-state index contributed by atoms with van der Waals surface area (Å²) < 4.78 is 15.2. The van der Waals surface area contributed by atoms with Gasteiger partial charge < -0.3 is 5.73 Å². The number of nitrogens with zero attached hydrogens (tertiary/aromatic N) is 2. The topological polar surface area (TPSA) is 43.8 Å². The lowest BCUT2D eigenvalue weighted by Gasteiger charge is -2.11. The molecule has 1 heterocycles. The normalized spacial score (nSPS) is 11.1. The molecule has 3 aromatic rings. The standard InChI is InChI=1S/C15H14FN3/c1-2-10-5-3-4-6-13(10)19-14-9-11(16)7-8-12(14)18-15(19)17/h3-9H,2H2,1H3,(H2,17,18). The number of nitrogens with two attached hydrogens (primary N) is 1. The lowest BCUT2D eigenvalue weighted by molar-refractivity contribution is 0.629. The van der Waals surface area contributed by atoms with Crippen LogP contribution in [0.25, 0.3) is 16.7 Å². The van der Waals surface area contributed by atoms with Gasteiger partial charge in [0.25, 0.3) is 0 Å². The number of nitrogen functional groups attached to an aromatic ring is 1. The Hall–Kier alpha value is -2.36. The molecule has 0 aliphatic rings. The summed E-state index contributed by atoms with van der Waals surface area (Å²) in [6.07, 6.45) is 0.880. The monoisotopic (exact) mass is 255 g/mol. The fraction of sp³-hybridized carbons (Fsp3) is 0.133. The molecule has 2 aromatic carbocycles. The van der Waals surface area contributed by atoms with E-state index in [1.54, 1.807) is 10.6 Å². The van der Waals surface area contributed by atoms with E-state index < -0.39 is 0 Å².